The minimum absolute atomic E-state index is 0.0303. The van der Waals surface area contributed by atoms with Crippen LogP contribution in [0, 0.1) is 0 Å². The van der Waals surface area contributed by atoms with Gasteiger partial charge in [0.25, 0.3) is 0 Å². The quantitative estimate of drug-likeness (QED) is 0.499. The van der Waals surface area contributed by atoms with E-state index in [0.717, 1.165) is 31.6 Å². The summed E-state index contributed by atoms with van der Waals surface area (Å²) in [4.78, 5) is 31.0. The molecule has 0 radical (unpaired) electrons. The van der Waals surface area contributed by atoms with Crippen molar-refractivity contribution in [2.24, 2.45) is 0 Å². The van der Waals surface area contributed by atoms with Crippen LogP contribution in [0.4, 0.5) is 0 Å². The van der Waals surface area contributed by atoms with Gasteiger partial charge in [0.2, 0.25) is 0 Å². The second kappa shape index (κ2) is 11.3. The van der Waals surface area contributed by atoms with Crippen LogP contribution in [-0.2, 0) is 14.4 Å². The van der Waals surface area contributed by atoms with Crippen molar-refractivity contribution in [3.8, 4) is 0 Å². The molecule has 0 saturated heterocycles. The summed E-state index contributed by atoms with van der Waals surface area (Å²) in [6.07, 6.45) is 0.892. The van der Waals surface area contributed by atoms with E-state index < -0.39 is 11.9 Å². The predicted molar refractivity (Wildman–Crippen MR) is 78.6 cm³/mol. The number of quaternary nitrogens is 2. The third kappa shape index (κ3) is 8.70. The van der Waals surface area contributed by atoms with E-state index in [9.17, 15) is 4.79 Å². The van der Waals surface area contributed by atoms with E-state index in [0.29, 0.717) is 0 Å². The number of aliphatic carboxylic acids is 2. The number of carboxylic acid groups (broad SMARTS) is 2. The Hall–Kier alpha value is -2.25. The van der Waals surface area contributed by atoms with Crippen molar-refractivity contribution < 1.29 is 35.2 Å². The van der Waals surface area contributed by atoms with Crippen LogP contribution in [-0.4, -0.2) is 37.5 Å². The van der Waals surface area contributed by atoms with Gasteiger partial charge in [0.15, 0.2) is 0 Å². The normalized spacial score (nSPS) is 11.3. The summed E-state index contributed by atoms with van der Waals surface area (Å²) in [5.41, 5.74) is 4.69. The maximum absolute atomic E-state index is 11.6. The van der Waals surface area contributed by atoms with Crippen molar-refractivity contribution in [1.82, 2.24) is 0 Å². The van der Waals surface area contributed by atoms with E-state index in [4.69, 9.17) is 19.8 Å². The highest BCUT2D eigenvalue weighted by molar-refractivity contribution is 6.25. The first-order valence-corrected chi connectivity index (χ1v) is 7.50. The first-order valence-electron chi connectivity index (χ1n) is 7.50. The van der Waals surface area contributed by atoms with Crippen LogP contribution in [0.15, 0.2) is 30.3 Å². The SMILES string of the molecule is CC[NH+](CC)CCC(C([NH3+])=O)c1ccccc1.O=C([O-])C(=O)[O-]. The van der Waals surface area contributed by atoms with Gasteiger partial charge in [0, 0.05) is 6.42 Å². The Bertz CT molecular complexity index is 488. The molecule has 1 atom stereocenters. The summed E-state index contributed by atoms with van der Waals surface area (Å²) in [5.74, 6) is -4.38. The van der Waals surface area contributed by atoms with Crippen molar-refractivity contribution >= 4 is 17.8 Å². The molecule has 7 heteroatoms. The molecular formula is C16H24N2O5. The summed E-state index contributed by atoms with van der Waals surface area (Å²) in [6.45, 7) is 7.63. The number of carbonyl (C=O) groups excluding carboxylic acids is 3. The van der Waals surface area contributed by atoms with E-state index in [1.165, 1.54) is 4.90 Å². The van der Waals surface area contributed by atoms with Gasteiger partial charge in [0.05, 0.1) is 31.6 Å². The Balaban J connectivity index is 0.000000688. The maximum atomic E-state index is 11.6. The zero-order valence-electron chi connectivity index (χ0n) is 13.5. The lowest BCUT2D eigenvalue weighted by molar-refractivity contribution is -0.896. The molecule has 0 aromatic heterocycles. The largest absolute Gasteiger partial charge is 0.543 e. The minimum atomic E-state index is -2.19. The van der Waals surface area contributed by atoms with E-state index in [1.807, 2.05) is 30.3 Å². The van der Waals surface area contributed by atoms with Gasteiger partial charge in [-0.05, 0) is 19.4 Å². The average Bonchev–Trinajstić information content (AvgIpc) is 2.52. The number of benzene rings is 1. The lowest BCUT2D eigenvalue weighted by Crippen LogP contribution is -3.11. The number of hydrogen-bond donors (Lipinski definition) is 2. The van der Waals surface area contributed by atoms with Crippen LogP contribution >= 0.6 is 0 Å². The molecule has 0 aliphatic rings. The molecule has 7 nitrogen and oxygen atoms in total. The van der Waals surface area contributed by atoms with Gasteiger partial charge in [-0.15, -0.1) is 0 Å². The predicted octanol–water partition coefficient (Wildman–Crippen LogP) is -3.66. The second-order valence-electron chi connectivity index (χ2n) is 5.00. The number of carboxylic acids is 2. The van der Waals surface area contributed by atoms with E-state index in [2.05, 4.69) is 19.6 Å². The van der Waals surface area contributed by atoms with Crippen molar-refractivity contribution in [3.63, 3.8) is 0 Å². The van der Waals surface area contributed by atoms with E-state index in [-0.39, 0.29) is 11.8 Å². The molecule has 0 spiro atoms. The Labute approximate surface area is 135 Å². The first kappa shape index (κ1) is 20.8. The Morgan fingerprint density at radius 3 is 1.87 bits per heavy atom. The molecule has 0 aliphatic heterocycles. The van der Waals surface area contributed by atoms with Crippen LogP contribution in [0.1, 0.15) is 31.7 Å². The smallest absolute Gasteiger partial charge is 0.316 e. The fraction of sp³-hybridized carbons (Fsp3) is 0.438. The van der Waals surface area contributed by atoms with Crippen LogP contribution in [0.5, 0.6) is 0 Å². The van der Waals surface area contributed by atoms with Crippen molar-refractivity contribution in [3.05, 3.63) is 35.9 Å². The molecule has 23 heavy (non-hydrogen) atoms. The zero-order chi connectivity index (χ0) is 17.8. The summed E-state index contributed by atoms with van der Waals surface area (Å²) >= 11 is 0. The van der Waals surface area contributed by atoms with Gasteiger partial charge in [-0.3, -0.25) is 5.73 Å². The molecule has 1 rings (SSSR count). The monoisotopic (exact) mass is 324 g/mol. The lowest BCUT2D eigenvalue weighted by Gasteiger charge is -2.18. The van der Waals surface area contributed by atoms with Gasteiger partial charge in [0.1, 0.15) is 5.92 Å². The molecule has 1 aromatic carbocycles. The third-order valence-corrected chi connectivity index (χ3v) is 3.54. The molecule has 0 fully saturated rings. The molecule has 4 N–H and O–H groups in total. The number of rotatable bonds is 7. The third-order valence-electron chi connectivity index (χ3n) is 3.54. The molecule has 128 valence electrons. The van der Waals surface area contributed by atoms with Gasteiger partial charge in [-0.25, -0.2) is 4.79 Å². The standard InChI is InChI=1S/C14H22N2O.C2H2O4/c1-3-16(4-2)11-10-13(14(15)17)12-8-6-5-7-9-12;3-1(4)2(5)6/h5-9,13H,3-4,10-11H2,1-2H3,(H2,15,17);(H,3,4)(H,5,6). The Morgan fingerprint density at radius 2 is 1.52 bits per heavy atom. The number of carbonyl (C=O) groups is 3. The highest BCUT2D eigenvalue weighted by Crippen LogP contribution is 2.17. The first-order chi connectivity index (χ1) is 10.8. The van der Waals surface area contributed by atoms with E-state index in [1.54, 1.807) is 0 Å². The van der Waals surface area contributed by atoms with Crippen LogP contribution < -0.4 is 20.8 Å². The van der Waals surface area contributed by atoms with Crippen molar-refractivity contribution in [2.45, 2.75) is 26.2 Å². The van der Waals surface area contributed by atoms with Crippen LogP contribution in [0.25, 0.3) is 0 Å². The number of hydrogen-bond acceptors (Lipinski definition) is 5. The van der Waals surface area contributed by atoms with Gasteiger partial charge in [-0.2, -0.15) is 0 Å². The number of nitrogens with one attached hydrogen (secondary N) is 1. The zero-order valence-corrected chi connectivity index (χ0v) is 13.5. The molecule has 0 saturated carbocycles. The molecule has 0 bridgehead atoms. The van der Waals surface area contributed by atoms with Gasteiger partial charge in [-0.1, -0.05) is 30.3 Å². The molecule has 0 aliphatic carbocycles. The highest BCUT2D eigenvalue weighted by Gasteiger charge is 2.22. The fourth-order valence-corrected chi connectivity index (χ4v) is 2.15. The Morgan fingerprint density at radius 1 is 1.04 bits per heavy atom. The van der Waals surface area contributed by atoms with Crippen LogP contribution in [0.2, 0.25) is 0 Å². The van der Waals surface area contributed by atoms with Gasteiger partial charge < -0.3 is 24.7 Å². The Kier molecular flexibility index (Phi) is 10.2. The topological polar surface area (TPSA) is 129 Å². The summed E-state index contributed by atoms with van der Waals surface area (Å²) in [5, 5.41) is 17.9. The highest BCUT2D eigenvalue weighted by atomic mass is 16.4. The van der Waals surface area contributed by atoms with Crippen molar-refractivity contribution in [1.29, 1.82) is 0 Å². The molecule has 1 aromatic rings. The lowest BCUT2D eigenvalue weighted by atomic mass is 9.95. The second-order valence-corrected chi connectivity index (χ2v) is 5.00. The molecule has 0 heterocycles. The summed E-state index contributed by atoms with van der Waals surface area (Å²) < 4.78 is 0. The molecule has 1 amide bonds. The molecule has 1 unspecified atom stereocenters. The average molecular weight is 324 g/mol. The van der Waals surface area contributed by atoms with Gasteiger partial charge >= 0.3 is 5.91 Å². The summed E-state index contributed by atoms with van der Waals surface area (Å²) in [6, 6.07) is 9.98. The summed E-state index contributed by atoms with van der Waals surface area (Å²) in [7, 11) is 0. The number of amides is 1. The minimum Gasteiger partial charge on any atom is -0.543 e. The maximum Gasteiger partial charge on any atom is 0.316 e. The van der Waals surface area contributed by atoms with E-state index >= 15 is 0 Å². The molecular weight excluding hydrogens is 300 g/mol. The fourth-order valence-electron chi connectivity index (χ4n) is 2.15. The van der Waals surface area contributed by atoms with Crippen molar-refractivity contribution in [2.75, 3.05) is 19.6 Å². The van der Waals surface area contributed by atoms with Crippen LogP contribution in [0.3, 0.4) is 0 Å².